The van der Waals surface area contributed by atoms with Gasteiger partial charge in [0.1, 0.15) is 4.83 Å². The van der Waals surface area contributed by atoms with Crippen LogP contribution in [0.2, 0.25) is 0 Å². The molecule has 1 aliphatic heterocycles. The Hall–Kier alpha value is -1.96. The van der Waals surface area contributed by atoms with Gasteiger partial charge in [-0.2, -0.15) is 0 Å². The van der Waals surface area contributed by atoms with Gasteiger partial charge in [0, 0.05) is 42.0 Å². The normalized spacial score (nSPS) is 16.8. The molecule has 142 valence electrons. The summed E-state index contributed by atoms with van der Waals surface area (Å²) >= 11 is 1.60. The summed E-state index contributed by atoms with van der Waals surface area (Å²) in [6.07, 6.45) is 2.83. The summed E-state index contributed by atoms with van der Waals surface area (Å²) in [4.78, 5) is 13.5. The molecule has 7 heteroatoms. The Balaban J connectivity index is 1.62. The summed E-state index contributed by atoms with van der Waals surface area (Å²) in [5.41, 5.74) is 2.31. The van der Waals surface area contributed by atoms with E-state index in [0.717, 1.165) is 34.2 Å². The number of thiophene rings is 1. The second-order valence-electron chi connectivity index (χ2n) is 7.12. The molecule has 2 aromatic heterocycles. The molecule has 4 rings (SSSR count). The summed E-state index contributed by atoms with van der Waals surface area (Å²) in [5.74, 6) is 0.313. The molecule has 0 aliphatic carbocycles. The topological polar surface area (TPSA) is 59.4 Å². The maximum absolute atomic E-state index is 12.5. The first-order chi connectivity index (χ1) is 12.9. The van der Waals surface area contributed by atoms with Crippen LogP contribution in [0.5, 0.6) is 0 Å². The first-order valence-electron chi connectivity index (χ1n) is 9.05. The Morgan fingerprint density at radius 3 is 2.44 bits per heavy atom. The smallest absolute Gasteiger partial charge is 0.251 e. The van der Waals surface area contributed by atoms with Crippen molar-refractivity contribution in [2.75, 3.05) is 19.3 Å². The second-order valence-corrected chi connectivity index (χ2v) is 9.96. The molecule has 0 unspecified atom stereocenters. The fourth-order valence-corrected chi connectivity index (χ4v) is 5.73. The van der Waals surface area contributed by atoms with Crippen molar-refractivity contribution >= 4 is 31.6 Å². The molecule has 1 saturated heterocycles. The van der Waals surface area contributed by atoms with Gasteiger partial charge in [-0.05, 0) is 30.4 Å². The highest BCUT2D eigenvalue weighted by molar-refractivity contribution is 7.88. The third kappa shape index (κ3) is 3.72. The predicted octanol–water partition coefficient (Wildman–Crippen LogP) is 3.40. The van der Waals surface area contributed by atoms with Crippen LogP contribution < -0.4 is 5.56 Å². The highest BCUT2D eigenvalue weighted by Crippen LogP contribution is 2.33. The van der Waals surface area contributed by atoms with Crippen LogP contribution in [-0.2, 0) is 16.6 Å². The van der Waals surface area contributed by atoms with E-state index < -0.39 is 10.0 Å². The molecule has 27 heavy (non-hydrogen) atoms. The Morgan fingerprint density at radius 1 is 1.07 bits per heavy atom. The highest BCUT2D eigenvalue weighted by Gasteiger charge is 2.25. The van der Waals surface area contributed by atoms with Crippen LogP contribution in [0.1, 0.15) is 12.8 Å². The van der Waals surface area contributed by atoms with Gasteiger partial charge in [0.05, 0.1) is 6.26 Å². The molecule has 0 atom stereocenters. The van der Waals surface area contributed by atoms with Gasteiger partial charge in [-0.25, -0.2) is 12.7 Å². The van der Waals surface area contributed by atoms with Gasteiger partial charge in [0.15, 0.2) is 0 Å². The number of hydrogen-bond donors (Lipinski definition) is 0. The van der Waals surface area contributed by atoms with Crippen molar-refractivity contribution in [1.82, 2.24) is 8.87 Å². The number of rotatable bonds is 4. The fourth-order valence-electron chi connectivity index (χ4n) is 3.77. The summed E-state index contributed by atoms with van der Waals surface area (Å²) in [6.45, 7) is 1.71. The van der Waals surface area contributed by atoms with Gasteiger partial charge in [0.2, 0.25) is 10.0 Å². The summed E-state index contributed by atoms with van der Waals surface area (Å²) in [5, 5.41) is 3.21. The second kappa shape index (κ2) is 7.22. The summed E-state index contributed by atoms with van der Waals surface area (Å²) in [6, 6.07) is 13.8. The molecule has 0 radical (unpaired) electrons. The lowest BCUT2D eigenvalue weighted by Crippen LogP contribution is -2.39. The Kier molecular flexibility index (Phi) is 4.92. The van der Waals surface area contributed by atoms with Crippen LogP contribution in [-0.4, -0.2) is 36.6 Å². The van der Waals surface area contributed by atoms with Gasteiger partial charge in [0.25, 0.3) is 5.56 Å². The van der Waals surface area contributed by atoms with Crippen molar-refractivity contribution in [3.05, 3.63) is 58.2 Å². The molecular formula is C20H22N2O3S2. The van der Waals surface area contributed by atoms with E-state index in [0.29, 0.717) is 25.6 Å². The van der Waals surface area contributed by atoms with Crippen molar-refractivity contribution in [1.29, 1.82) is 0 Å². The van der Waals surface area contributed by atoms with Gasteiger partial charge in [-0.3, -0.25) is 9.36 Å². The maximum Gasteiger partial charge on any atom is 0.251 e. The van der Waals surface area contributed by atoms with Crippen molar-refractivity contribution in [2.45, 2.75) is 19.4 Å². The molecule has 1 fully saturated rings. The minimum absolute atomic E-state index is 0.00880. The SMILES string of the molecule is CS(=O)(=O)N1CCC(Cn2c(=O)ccc3c(-c4ccccc4)csc32)CC1. The molecule has 5 nitrogen and oxygen atoms in total. The van der Waals surface area contributed by atoms with Crippen LogP contribution in [0.15, 0.2) is 52.6 Å². The van der Waals surface area contributed by atoms with Crippen molar-refractivity contribution in [2.24, 2.45) is 5.92 Å². The van der Waals surface area contributed by atoms with Gasteiger partial charge < -0.3 is 0 Å². The van der Waals surface area contributed by atoms with Crippen molar-refractivity contribution in [3.63, 3.8) is 0 Å². The van der Waals surface area contributed by atoms with E-state index in [1.165, 1.54) is 10.6 Å². The number of sulfonamides is 1. The van der Waals surface area contributed by atoms with Crippen LogP contribution in [0.3, 0.4) is 0 Å². The average molecular weight is 403 g/mol. The van der Waals surface area contributed by atoms with Gasteiger partial charge in [-0.15, -0.1) is 11.3 Å². The van der Waals surface area contributed by atoms with Crippen molar-refractivity contribution < 1.29 is 8.42 Å². The summed E-state index contributed by atoms with van der Waals surface area (Å²) in [7, 11) is -3.13. The minimum atomic E-state index is -3.13. The summed E-state index contributed by atoms with van der Waals surface area (Å²) < 4.78 is 26.8. The lowest BCUT2D eigenvalue weighted by Gasteiger charge is -2.30. The predicted molar refractivity (Wildman–Crippen MR) is 111 cm³/mol. The molecule has 0 amide bonds. The highest BCUT2D eigenvalue weighted by atomic mass is 32.2. The van der Waals surface area contributed by atoms with E-state index >= 15 is 0 Å². The number of fused-ring (bicyclic) bond motifs is 1. The molecule has 3 aromatic rings. The zero-order valence-electron chi connectivity index (χ0n) is 15.2. The molecule has 0 saturated carbocycles. The van der Waals surface area contributed by atoms with Crippen LogP contribution in [0.25, 0.3) is 21.3 Å². The van der Waals surface area contributed by atoms with E-state index in [1.807, 2.05) is 28.8 Å². The number of aromatic nitrogens is 1. The van der Waals surface area contributed by atoms with E-state index in [1.54, 1.807) is 17.4 Å². The molecule has 1 aromatic carbocycles. The maximum atomic E-state index is 12.5. The third-order valence-corrected chi connectivity index (χ3v) is 7.60. The monoisotopic (exact) mass is 402 g/mol. The first kappa shape index (κ1) is 18.4. The molecule has 0 bridgehead atoms. The van der Waals surface area contributed by atoms with Crippen LogP contribution in [0, 0.1) is 5.92 Å². The lowest BCUT2D eigenvalue weighted by molar-refractivity contribution is 0.254. The van der Waals surface area contributed by atoms with Gasteiger partial charge in [-0.1, -0.05) is 30.3 Å². The third-order valence-electron chi connectivity index (χ3n) is 5.28. The van der Waals surface area contributed by atoms with Crippen molar-refractivity contribution in [3.8, 4) is 11.1 Å². The lowest BCUT2D eigenvalue weighted by atomic mass is 9.98. The molecule has 1 aliphatic rings. The number of piperidine rings is 1. The average Bonchev–Trinajstić information content (AvgIpc) is 3.09. The van der Waals surface area contributed by atoms with E-state index in [4.69, 9.17) is 0 Å². The zero-order valence-corrected chi connectivity index (χ0v) is 16.8. The Morgan fingerprint density at radius 2 is 1.78 bits per heavy atom. The Labute approximate surface area is 162 Å². The molecule has 3 heterocycles. The largest absolute Gasteiger partial charge is 0.299 e. The molecular weight excluding hydrogens is 380 g/mol. The zero-order chi connectivity index (χ0) is 19.0. The van der Waals surface area contributed by atoms with Gasteiger partial charge >= 0.3 is 0 Å². The van der Waals surface area contributed by atoms with Crippen LogP contribution in [0.4, 0.5) is 0 Å². The first-order valence-corrected chi connectivity index (χ1v) is 11.8. The van der Waals surface area contributed by atoms with E-state index in [2.05, 4.69) is 17.5 Å². The number of nitrogens with zero attached hydrogens (tertiary/aromatic N) is 2. The number of benzene rings is 1. The molecule has 0 spiro atoms. The fraction of sp³-hybridized carbons (Fsp3) is 0.350. The standard InChI is InChI=1S/C20H22N2O3S2/c1-27(24,25)21-11-9-15(10-12-21)13-22-19(23)8-7-17-18(14-26-20(17)22)16-5-3-2-4-6-16/h2-8,14-15H,9-13H2,1H3. The van der Waals surface area contributed by atoms with Crippen LogP contribution >= 0.6 is 11.3 Å². The minimum Gasteiger partial charge on any atom is -0.299 e. The van der Waals surface area contributed by atoms with E-state index in [-0.39, 0.29) is 5.56 Å². The number of pyridine rings is 1. The number of hydrogen-bond acceptors (Lipinski definition) is 4. The molecule has 0 N–H and O–H groups in total. The van der Waals surface area contributed by atoms with E-state index in [9.17, 15) is 13.2 Å². The quantitative estimate of drug-likeness (QED) is 0.672. The Bertz CT molecular complexity index is 1110.